The lowest BCUT2D eigenvalue weighted by Crippen LogP contribution is -2.48. The molecule has 1 aliphatic heterocycles. The van der Waals surface area contributed by atoms with Crippen LogP contribution in [-0.4, -0.2) is 66.6 Å². The van der Waals surface area contributed by atoms with Crippen LogP contribution in [0.3, 0.4) is 0 Å². The van der Waals surface area contributed by atoms with E-state index in [1.54, 1.807) is 0 Å². The molecule has 7 nitrogen and oxygen atoms in total. The van der Waals surface area contributed by atoms with Crippen LogP contribution < -0.4 is 5.32 Å². The van der Waals surface area contributed by atoms with Crippen molar-refractivity contribution in [2.75, 3.05) is 32.8 Å². The number of benzene rings is 1. The molecular weight excluding hydrogens is 372 g/mol. The lowest BCUT2D eigenvalue weighted by atomic mass is 9.90. The number of morpholine rings is 1. The van der Waals surface area contributed by atoms with E-state index in [1.807, 2.05) is 49.1 Å². The first-order valence-corrected chi connectivity index (χ1v) is 10.2. The second-order valence-electron chi connectivity index (χ2n) is 8.03. The Bertz CT molecular complexity index is 671. The molecule has 0 radical (unpaired) electrons. The van der Waals surface area contributed by atoms with Crippen molar-refractivity contribution >= 4 is 17.7 Å². The minimum absolute atomic E-state index is 0.0978. The molecule has 160 valence electrons. The number of carbonyl (C=O) groups excluding carboxylic acids is 2. The molecule has 0 saturated carbocycles. The minimum atomic E-state index is -0.995. The topological polar surface area (TPSA) is 95.9 Å². The third kappa shape index (κ3) is 8.33. The van der Waals surface area contributed by atoms with Gasteiger partial charge in [-0.1, -0.05) is 44.2 Å². The summed E-state index contributed by atoms with van der Waals surface area (Å²) in [6, 6.07) is 8.62. The first-order chi connectivity index (χ1) is 13.8. The maximum atomic E-state index is 12.9. The third-order valence-electron chi connectivity index (χ3n) is 5.02. The molecule has 2 rings (SSSR count). The van der Waals surface area contributed by atoms with Crippen molar-refractivity contribution in [3.05, 3.63) is 35.9 Å². The second-order valence-corrected chi connectivity index (χ2v) is 8.03. The van der Waals surface area contributed by atoms with Crippen molar-refractivity contribution in [2.45, 2.75) is 39.2 Å². The van der Waals surface area contributed by atoms with Gasteiger partial charge >= 0.3 is 5.97 Å². The van der Waals surface area contributed by atoms with E-state index in [4.69, 9.17) is 4.74 Å². The monoisotopic (exact) mass is 404 g/mol. The summed E-state index contributed by atoms with van der Waals surface area (Å²) >= 11 is 0. The van der Waals surface area contributed by atoms with Gasteiger partial charge in [-0.25, -0.2) is 0 Å². The van der Waals surface area contributed by atoms with E-state index in [1.165, 1.54) is 0 Å². The molecule has 2 atom stereocenters. The van der Waals surface area contributed by atoms with Gasteiger partial charge in [-0.05, 0) is 24.3 Å². The summed E-state index contributed by atoms with van der Waals surface area (Å²) < 4.78 is 5.29. The number of ketones is 1. The van der Waals surface area contributed by atoms with E-state index in [0.29, 0.717) is 32.7 Å². The summed E-state index contributed by atoms with van der Waals surface area (Å²) in [7, 11) is 0. The second kappa shape index (κ2) is 11.7. The SMILES string of the molecule is CC(C)C[C@H](NC(=O)CN1CCOCC1)C(=O)C[C@@H](Cc1ccccc1)C(=O)O. The molecule has 0 spiro atoms. The van der Waals surface area contributed by atoms with Crippen molar-refractivity contribution in [3.63, 3.8) is 0 Å². The van der Waals surface area contributed by atoms with Crippen molar-refractivity contribution in [1.29, 1.82) is 0 Å². The Morgan fingerprint density at radius 2 is 1.79 bits per heavy atom. The fourth-order valence-corrected chi connectivity index (χ4v) is 3.48. The summed E-state index contributed by atoms with van der Waals surface area (Å²) in [5.74, 6) is -2.04. The fraction of sp³-hybridized carbons (Fsp3) is 0.591. The molecule has 1 heterocycles. The van der Waals surface area contributed by atoms with Crippen LogP contribution in [0.4, 0.5) is 0 Å². The maximum absolute atomic E-state index is 12.9. The maximum Gasteiger partial charge on any atom is 0.307 e. The number of carbonyl (C=O) groups is 3. The molecule has 1 aromatic rings. The highest BCUT2D eigenvalue weighted by Crippen LogP contribution is 2.17. The number of nitrogens with one attached hydrogen (secondary N) is 1. The van der Waals surface area contributed by atoms with Gasteiger partial charge in [0.2, 0.25) is 5.91 Å². The number of ether oxygens (including phenoxy) is 1. The van der Waals surface area contributed by atoms with E-state index in [2.05, 4.69) is 5.32 Å². The number of carboxylic acids is 1. The number of aliphatic carboxylic acids is 1. The van der Waals surface area contributed by atoms with Crippen molar-refractivity contribution in [2.24, 2.45) is 11.8 Å². The minimum Gasteiger partial charge on any atom is -0.481 e. The van der Waals surface area contributed by atoms with Crippen LogP contribution >= 0.6 is 0 Å². The van der Waals surface area contributed by atoms with E-state index in [9.17, 15) is 19.5 Å². The van der Waals surface area contributed by atoms with Gasteiger partial charge in [0.25, 0.3) is 0 Å². The van der Waals surface area contributed by atoms with Crippen molar-refractivity contribution in [1.82, 2.24) is 10.2 Å². The molecule has 1 aromatic carbocycles. The van der Waals surface area contributed by atoms with Gasteiger partial charge < -0.3 is 15.2 Å². The van der Waals surface area contributed by atoms with Crippen molar-refractivity contribution < 1.29 is 24.2 Å². The lowest BCUT2D eigenvalue weighted by molar-refractivity contribution is -0.144. The molecule has 2 N–H and O–H groups in total. The highest BCUT2D eigenvalue weighted by atomic mass is 16.5. The van der Waals surface area contributed by atoms with Crippen LogP contribution in [0.1, 0.15) is 32.3 Å². The van der Waals surface area contributed by atoms with Gasteiger partial charge in [0, 0.05) is 19.5 Å². The summed E-state index contributed by atoms with van der Waals surface area (Å²) in [5.41, 5.74) is 0.879. The van der Waals surface area contributed by atoms with Gasteiger partial charge in [0.05, 0.1) is 31.7 Å². The summed E-state index contributed by atoms with van der Waals surface area (Å²) in [5, 5.41) is 12.4. The van der Waals surface area contributed by atoms with Crippen LogP contribution in [0, 0.1) is 11.8 Å². The third-order valence-corrected chi connectivity index (χ3v) is 5.02. The molecule has 1 fully saturated rings. The number of Topliss-reactive ketones (excluding diaryl/α,β-unsaturated/α-hetero) is 1. The predicted molar refractivity (Wildman–Crippen MR) is 110 cm³/mol. The zero-order valence-corrected chi connectivity index (χ0v) is 17.3. The summed E-state index contributed by atoms with van der Waals surface area (Å²) in [6.07, 6.45) is 0.683. The lowest BCUT2D eigenvalue weighted by Gasteiger charge is -2.27. The average Bonchev–Trinajstić information content (AvgIpc) is 2.68. The highest BCUT2D eigenvalue weighted by molar-refractivity contribution is 5.91. The fourth-order valence-electron chi connectivity index (χ4n) is 3.48. The smallest absolute Gasteiger partial charge is 0.307 e. The molecule has 0 aromatic heterocycles. The Morgan fingerprint density at radius 1 is 1.14 bits per heavy atom. The molecule has 7 heteroatoms. The Labute approximate surface area is 172 Å². The van der Waals surface area contributed by atoms with Crippen LogP contribution in [-0.2, 0) is 25.5 Å². The number of amides is 1. The van der Waals surface area contributed by atoms with Gasteiger partial charge in [0.15, 0.2) is 5.78 Å². The van der Waals surface area contributed by atoms with E-state index >= 15 is 0 Å². The van der Waals surface area contributed by atoms with Gasteiger partial charge in [0.1, 0.15) is 0 Å². The van der Waals surface area contributed by atoms with Crippen LogP contribution in [0.25, 0.3) is 0 Å². The van der Waals surface area contributed by atoms with Crippen LogP contribution in [0.5, 0.6) is 0 Å². The number of rotatable bonds is 11. The summed E-state index contributed by atoms with van der Waals surface area (Å²) in [6.45, 7) is 6.75. The molecular formula is C22H32N2O5. The van der Waals surface area contributed by atoms with E-state index in [-0.39, 0.29) is 37.0 Å². The Hall–Kier alpha value is -2.25. The molecule has 1 aliphatic rings. The largest absolute Gasteiger partial charge is 0.481 e. The Balaban J connectivity index is 1.98. The number of hydrogen-bond acceptors (Lipinski definition) is 5. The first kappa shape index (κ1) is 23.0. The molecule has 0 unspecified atom stereocenters. The van der Waals surface area contributed by atoms with E-state index < -0.39 is 17.9 Å². The van der Waals surface area contributed by atoms with Gasteiger partial charge in [-0.2, -0.15) is 0 Å². The number of carboxylic acid groups (broad SMARTS) is 1. The predicted octanol–water partition coefficient (Wildman–Crippen LogP) is 1.75. The molecule has 0 aliphatic carbocycles. The summed E-state index contributed by atoms with van der Waals surface area (Å²) in [4.78, 5) is 39.1. The standard InChI is InChI=1S/C22H32N2O5/c1-16(2)12-19(23-21(26)15-24-8-10-29-11-9-24)20(25)14-18(22(27)28)13-17-6-4-3-5-7-17/h3-7,16,18-19H,8-15H2,1-2H3,(H,23,26)(H,27,28)/t18-,19+/m1/s1. The zero-order chi connectivity index (χ0) is 21.2. The van der Waals surface area contributed by atoms with E-state index in [0.717, 1.165) is 5.56 Å². The number of nitrogens with zero attached hydrogens (tertiary/aromatic N) is 1. The number of hydrogen-bond donors (Lipinski definition) is 2. The molecule has 1 saturated heterocycles. The molecule has 29 heavy (non-hydrogen) atoms. The Kier molecular flexibility index (Phi) is 9.28. The zero-order valence-electron chi connectivity index (χ0n) is 17.3. The van der Waals surface area contributed by atoms with Gasteiger partial charge in [-0.15, -0.1) is 0 Å². The van der Waals surface area contributed by atoms with Crippen LogP contribution in [0.15, 0.2) is 30.3 Å². The Morgan fingerprint density at radius 3 is 2.38 bits per heavy atom. The molecule has 0 bridgehead atoms. The molecule has 1 amide bonds. The highest BCUT2D eigenvalue weighted by Gasteiger charge is 2.28. The quantitative estimate of drug-likeness (QED) is 0.583. The normalized spacial score (nSPS) is 16.9. The van der Waals surface area contributed by atoms with Crippen LogP contribution in [0.2, 0.25) is 0 Å². The first-order valence-electron chi connectivity index (χ1n) is 10.2. The van der Waals surface area contributed by atoms with Gasteiger partial charge in [-0.3, -0.25) is 19.3 Å². The van der Waals surface area contributed by atoms with Crippen molar-refractivity contribution in [3.8, 4) is 0 Å². The average molecular weight is 405 g/mol.